The van der Waals surface area contributed by atoms with Crippen LogP contribution >= 0.6 is 0 Å². The molecule has 0 unspecified atom stereocenters. The van der Waals surface area contributed by atoms with Crippen molar-refractivity contribution >= 4 is 17.9 Å². The fraction of sp³-hybridized carbons (Fsp3) is 0.951. The molecule has 0 radical (unpaired) electrons. The molecular formula is C61H118O6. The maximum atomic E-state index is 12.8. The highest BCUT2D eigenvalue weighted by atomic mass is 16.6. The normalized spacial score (nSPS) is 12.0. The van der Waals surface area contributed by atoms with Gasteiger partial charge >= 0.3 is 17.9 Å². The van der Waals surface area contributed by atoms with Gasteiger partial charge in [0.15, 0.2) is 6.10 Å². The monoisotopic (exact) mass is 947 g/mol. The summed E-state index contributed by atoms with van der Waals surface area (Å²) in [4.78, 5) is 38.2. The standard InChI is InChI=1S/C61H118O6/c1-6-7-8-9-10-11-12-26-33-38-43-48-53-61(64)67-58(55-66-60(63)52-47-42-37-32-28-23-19-15-17-21-25-30-35-40-45-50-57(4)5)54-65-59(62)51-46-41-36-31-27-22-18-14-13-16-20-24-29-34-39-44-49-56(2)3/h56-58H,6-55H2,1-5H3/t58-/m1/s1. The number of hydrogen-bond acceptors (Lipinski definition) is 6. The molecule has 6 heteroatoms. The third-order valence-corrected chi connectivity index (χ3v) is 14.0. The summed E-state index contributed by atoms with van der Waals surface area (Å²) in [6.07, 6.45) is 58.1. The van der Waals surface area contributed by atoms with Crippen molar-refractivity contribution in [3.63, 3.8) is 0 Å². The van der Waals surface area contributed by atoms with Gasteiger partial charge in [-0.05, 0) is 31.1 Å². The summed E-state index contributed by atoms with van der Waals surface area (Å²) in [7, 11) is 0. The quantitative estimate of drug-likeness (QED) is 0.0343. The number of esters is 3. The largest absolute Gasteiger partial charge is 0.462 e. The summed E-state index contributed by atoms with van der Waals surface area (Å²) in [6.45, 7) is 11.4. The van der Waals surface area contributed by atoms with Crippen molar-refractivity contribution in [1.29, 1.82) is 0 Å². The molecule has 0 amide bonds. The highest BCUT2D eigenvalue weighted by Gasteiger charge is 2.19. The fourth-order valence-electron chi connectivity index (χ4n) is 9.40. The van der Waals surface area contributed by atoms with Crippen molar-refractivity contribution in [3.8, 4) is 0 Å². The number of carbonyl (C=O) groups is 3. The van der Waals surface area contributed by atoms with Gasteiger partial charge in [-0.15, -0.1) is 0 Å². The summed E-state index contributed by atoms with van der Waals surface area (Å²) >= 11 is 0. The van der Waals surface area contributed by atoms with Crippen LogP contribution < -0.4 is 0 Å². The molecule has 0 aromatic rings. The van der Waals surface area contributed by atoms with Crippen LogP contribution in [-0.4, -0.2) is 37.2 Å². The molecule has 0 aromatic carbocycles. The van der Waals surface area contributed by atoms with Crippen LogP contribution in [0.5, 0.6) is 0 Å². The van der Waals surface area contributed by atoms with Gasteiger partial charge in [0.2, 0.25) is 0 Å². The molecule has 0 bridgehead atoms. The highest BCUT2D eigenvalue weighted by molar-refractivity contribution is 5.71. The molecule has 1 atom stereocenters. The van der Waals surface area contributed by atoms with E-state index in [9.17, 15) is 14.4 Å². The molecule has 0 aromatic heterocycles. The molecule has 0 aliphatic carbocycles. The van der Waals surface area contributed by atoms with Gasteiger partial charge in [-0.25, -0.2) is 0 Å². The van der Waals surface area contributed by atoms with Crippen LogP contribution in [0.15, 0.2) is 0 Å². The van der Waals surface area contributed by atoms with Crippen LogP contribution in [0.2, 0.25) is 0 Å². The minimum absolute atomic E-state index is 0.0622. The molecular weight excluding hydrogens is 829 g/mol. The molecule has 0 rings (SSSR count). The van der Waals surface area contributed by atoms with Crippen LogP contribution in [0.3, 0.4) is 0 Å². The Morgan fingerprint density at radius 2 is 0.493 bits per heavy atom. The highest BCUT2D eigenvalue weighted by Crippen LogP contribution is 2.18. The van der Waals surface area contributed by atoms with Crippen molar-refractivity contribution in [3.05, 3.63) is 0 Å². The minimum Gasteiger partial charge on any atom is -0.462 e. The number of carbonyl (C=O) groups excluding carboxylic acids is 3. The van der Waals surface area contributed by atoms with Crippen LogP contribution in [0.4, 0.5) is 0 Å². The zero-order valence-electron chi connectivity index (χ0n) is 46.0. The minimum atomic E-state index is -0.762. The molecule has 398 valence electrons. The van der Waals surface area contributed by atoms with Gasteiger partial charge < -0.3 is 14.2 Å². The SMILES string of the molecule is CCCCCCCCCCCCCCC(=O)O[C@H](COC(=O)CCCCCCCCCCCCCCCCCCC(C)C)COC(=O)CCCCCCCCCCCCCCCCCC(C)C. The van der Waals surface area contributed by atoms with Gasteiger partial charge in [-0.3, -0.25) is 14.4 Å². The Labute approximate surface area is 418 Å². The van der Waals surface area contributed by atoms with E-state index in [1.807, 2.05) is 0 Å². The molecule has 0 aliphatic heterocycles. The fourth-order valence-corrected chi connectivity index (χ4v) is 9.40. The Morgan fingerprint density at radius 1 is 0.284 bits per heavy atom. The maximum absolute atomic E-state index is 12.8. The Morgan fingerprint density at radius 3 is 0.731 bits per heavy atom. The van der Waals surface area contributed by atoms with E-state index in [0.29, 0.717) is 19.3 Å². The van der Waals surface area contributed by atoms with E-state index in [0.717, 1.165) is 69.6 Å². The smallest absolute Gasteiger partial charge is 0.306 e. The number of ether oxygens (including phenoxy) is 3. The number of hydrogen-bond donors (Lipinski definition) is 0. The molecule has 6 nitrogen and oxygen atoms in total. The second-order valence-corrected chi connectivity index (χ2v) is 21.9. The summed E-state index contributed by atoms with van der Waals surface area (Å²) in [6, 6.07) is 0. The van der Waals surface area contributed by atoms with E-state index in [2.05, 4.69) is 34.6 Å². The zero-order chi connectivity index (χ0) is 48.9. The topological polar surface area (TPSA) is 78.9 Å². The van der Waals surface area contributed by atoms with E-state index >= 15 is 0 Å². The average Bonchev–Trinajstić information content (AvgIpc) is 3.30. The maximum Gasteiger partial charge on any atom is 0.306 e. The molecule has 0 heterocycles. The summed E-state index contributed by atoms with van der Waals surface area (Å²) in [5.41, 5.74) is 0. The van der Waals surface area contributed by atoms with Gasteiger partial charge in [-0.2, -0.15) is 0 Å². The van der Waals surface area contributed by atoms with E-state index < -0.39 is 6.10 Å². The second-order valence-electron chi connectivity index (χ2n) is 21.9. The van der Waals surface area contributed by atoms with Crippen molar-refractivity contribution in [2.24, 2.45) is 11.8 Å². The second kappa shape index (κ2) is 53.8. The Hall–Kier alpha value is -1.59. The summed E-state index contributed by atoms with van der Waals surface area (Å²) < 4.78 is 16.9. The van der Waals surface area contributed by atoms with Crippen molar-refractivity contribution in [1.82, 2.24) is 0 Å². The third-order valence-electron chi connectivity index (χ3n) is 14.0. The Balaban J connectivity index is 4.24. The van der Waals surface area contributed by atoms with Gasteiger partial charge in [-0.1, -0.05) is 304 Å². The number of rotatable bonds is 55. The van der Waals surface area contributed by atoms with Gasteiger partial charge in [0.1, 0.15) is 13.2 Å². The lowest BCUT2D eigenvalue weighted by Crippen LogP contribution is -2.30. The van der Waals surface area contributed by atoms with Gasteiger partial charge in [0.25, 0.3) is 0 Å². The van der Waals surface area contributed by atoms with Crippen molar-refractivity contribution in [2.75, 3.05) is 13.2 Å². The molecule has 0 saturated heterocycles. The zero-order valence-corrected chi connectivity index (χ0v) is 46.0. The summed E-state index contributed by atoms with van der Waals surface area (Å²) in [5, 5.41) is 0. The molecule has 67 heavy (non-hydrogen) atoms. The molecule has 0 aliphatic rings. The van der Waals surface area contributed by atoms with Gasteiger partial charge in [0.05, 0.1) is 0 Å². The van der Waals surface area contributed by atoms with E-state index in [-0.39, 0.29) is 31.1 Å². The predicted molar refractivity (Wildman–Crippen MR) is 289 cm³/mol. The lowest BCUT2D eigenvalue weighted by Gasteiger charge is -2.18. The molecule has 0 spiro atoms. The Bertz CT molecular complexity index is 1020. The predicted octanol–water partition coefficient (Wildman–Crippen LogP) is 20.0. The summed E-state index contributed by atoms with van der Waals surface area (Å²) in [5.74, 6) is 0.867. The lowest BCUT2D eigenvalue weighted by molar-refractivity contribution is -0.167. The molecule has 0 N–H and O–H groups in total. The van der Waals surface area contributed by atoms with E-state index in [1.165, 1.54) is 231 Å². The first-order valence-corrected chi connectivity index (χ1v) is 30.2. The lowest BCUT2D eigenvalue weighted by atomic mass is 10.0. The average molecular weight is 948 g/mol. The van der Waals surface area contributed by atoms with Gasteiger partial charge in [0, 0.05) is 19.3 Å². The van der Waals surface area contributed by atoms with Crippen LogP contribution in [0.25, 0.3) is 0 Å². The molecule has 0 fully saturated rings. The van der Waals surface area contributed by atoms with Crippen LogP contribution in [-0.2, 0) is 28.6 Å². The molecule has 0 saturated carbocycles. The first-order valence-electron chi connectivity index (χ1n) is 30.2. The number of unbranched alkanes of at least 4 members (excludes halogenated alkanes) is 40. The van der Waals surface area contributed by atoms with Crippen LogP contribution in [0, 0.1) is 11.8 Å². The first kappa shape index (κ1) is 65.4. The van der Waals surface area contributed by atoms with E-state index in [1.54, 1.807) is 0 Å². The van der Waals surface area contributed by atoms with Crippen molar-refractivity contribution in [2.45, 2.75) is 349 Å². The van der Waals surface area contributed by atoms with Crippen molar-refractivity contribution < 1.29 is 28.6 Å². The van der Waals surface area contributed by atoms with Crippen LogP contribution in [0.1, 0.15) is 343 Å². The van der Waals surface area contributed by atoms with E-state index in [4.69, 9.17) is 14.2 Å². The Kier molecular flexibility index (Phi) is 52.5. The first-order chi connectivity index (χ1) is 32.7. The third kappa shape index (κ3) is 55.2.